The third-order valence-electron chi connectivity index (χ3n) is 2.50. The first-order valence-corrected chi connectivity index (χ1v) is 6.74. The second-order valence-corrected chi connectivity index (χ2v) is 4.87. The quantitative estimate of drug-likeness (QED) is 0.592. The molecule has 0 spiro atoms. The Kier molecular flexibility index (Phi) is 5.12. The molecule has 5 heteroatoms. The van der Waals surface area contributed by atoms with E-state index >= 15 is 0 Å². The lowest BCUT2D eigenvalue weighted by Crippen LogP contribution is -2.10. The van der Waals surface area contributed by atoms with Crippen LogP contribution in [0.3, 0.4) is 0 Å². The van der Waals surface area contributed by atoms with Gasteiger partial charge in [-0.2, -0.15) is 0 Å². The Hall–Kier alpha value is -1.88. The molecule has 0 aliphatic carbocycles. The third-order valence-corrected chi connectivity index (χ3v) is 3.00. The van der Waals surface area contributed by atoms with Gasteiger partial charge in [-0.1, -0.05) is 22.0 Å². The van der Waals surface area contributed by atoms with Crippen LogP contribution in [0.1, 0.15) is 10.4 Å². The minimum atomic E-state index is -0.468. The van der Waals surface area contributed by atoms with E-state index in [0.717, 1.165) is 16.3 Å². The van der Waals surface area contributed by atoms with E-state index in [1.807, 2.05) is 24.3 Å². The highest BCUT2D eigenvalue weighted by Gasteiger charge is 2.04. The molecule has 0 aliphatic rings. The van der Waals surface area contributed by atoms with Gasteiger partial charge in [0.15, 0.2) is 6.29 Å². The molecule has 0 aliphatic heterocycles. The average Bonchev–Trinajstić information content (AvgIpc) is 2.45. The van der Waals surface area contributed by atoms with Crippen molar-refractivity contribution in [2.75, 3.05) is 13.2 Å². The number of rotatable bonds is 6. The maximum absolute atomic E-state index is 12.9. The molecule has 2 aromatic carbocycles. The minimum Gasteiger partial charge on any atom is -0.490 e. The first-order valence-electron chi connectivity index (χ1n) is 5.95. The van der Waals surface area contributed by atoms with E-state index in [-0.39, 0.29) is 12.2 Å². The number of ether oxygens (including phenoxy) is 2. The van der Waals surface area contributed by atoms with Crippen molar-refractivity contribution in [3.8, 4) is 11.5 Å². The third kappa shape index (κ3) is 4.06. The summed E-state index contributed by atoms with van der Waals surface area (Å²) >= 11 is 3.35. The van der Waals surface area contributed by atoms with Gasteiger partial charge in [0.2, 0.25) is 0 Å². The van der Waals surface area contributed by atoms with Crippen LogP contribution in [0.25, 0.3) is 0 Å². The predicted octanol–water partition coefficient (Wildman–Crippen LogP) is 3.86. The zero-order valence-corrected chi connectivity index (χ0v) is 12.1. The summed E-state index contributed by atoms with van der Waals surface area (Å²) in [7, 11) is 0. The van der Waals surface area contributed by atoms with Crippen molar-refractivity contribution >= 4 is 22.2 Å². The molecule has 0 atom stereocenters. The fourth-order valence-corrected chi connectivity index (χ4v) is 1.99. The Bertz CT molecular complexity index is 601. The Morgan fingerprint density at radius 1 is 1.10 bits per heavy atom. The van der Waals surface area contributed by atoms with Crippen molar-refractivity contribution in [1.29, 1.82) is 0 Å². The molecule has 0 N–H and O–H groups in total. The van der Waals surface area contributed by atoms with Gasteiger partial charge >= 0.3 is 0 Å². The number of benzene rings is 2. The van der Waals surface area contributed by atoms with Gasteiger partial charge < -0.3 is 9.47 Å². The highest BCUT2D eigenvalue weighted by atomic mass is 79.9. The van der Waals surface area contributed by atoms with E-state index in [4.69, 9.17) is 9.47 Å². The summed E-state index contributed by atoms with van der Waals surface area (Å²) < 4.78 is 24.8. The Morgan fingerprint density at radius 3 is 2.65 bits per heavy atom. The monoisotopic (exact) mass is 338 g/mol. The topological polar surface area (TPSA) is 35.5 Å². The summed E-state index contributed by atoms with van der Waals surface area (Å²) in [6, 6.07) is 11.3. The first-order chi connectivity index (χ1) is 9.69. The van der Waals surface area contributed by atoms with E-state index in [1.165, 1.54) is 12.1 Å². The highest BCUT2D eigenvalue weighted by Crippen LogP contribution is 2.19. The number of hydrogen-bond donors (Lipinski definition) is 0. The van der Waals surface area contributed by atoms with Gasteiger partial charge in [0.1, 0.15) is 30.5 Å². The smallest absolute Gasteiger partial charge is 0.153 e. The van der Waals surface area contributed by atoms with Crippen LogP contribution >= 0.6 is 15.9 Å². The minimum absolute atomic E-state index is 0.187. The molecule has 0 unspecified atom stereocenters. The Labute approximate surface area is 124 Å². The van der Waals surface area contributed by atoms with Crippen molar-refractivity contribution in [2.24, 2.45) is 0 Å². The first kappa shape index (κ1) is 14.5. The van der Waals surface area contributed by atoms with Crippen LogP contribution in [0.2, 0.25) is 0 Å². The second-order valence-electron chi connectivity index (χ2n) is 3.95. The summed E-state index contributed by atoms with van der Waals surface area (Å²) in [5, 5.41) is 0. The van der Waals surface area contributed by atoms with Crippen LogP contribution in [-0.2, 0) is 0 Å². The van der Waals surface area contributed by atoms with Gasteiger partial charge in [0.25, 0.3) is 0 Å². The lowest BCUT2D eigenvalue weighted by Gasteiger charge is -2.10. The van der Waals surface area contributed by atoms with Crippen LogP contribution in [0, 0.1) is 5.82 Å². The van der Waals surface area contributed by atoms with Gasteiger partial charge in [-0.15, -0.1) is 0 Å². The predicted molar refractivity (Wildman–Crippen MR) is 76.9 cm³/mol. The maximum atomic E-state index is 12.9. The average molecular weight is 339 g/mol. The highest BCUT2D eigenvalue weighted by molar-refractivity contribution is 9.10. The summed E-state index contributed by atoms with van der Waals surface area (Å²) in [4.78, 5) is 10.8. The largest absolute Gasteiger partial charge is 0.490 e. The molecule has 0 saturated carbocycles. The molecule has 0 saturated heterocycles. The zero-order valence-electron chi connectivity index (χ0n) is 10.5. The fourth-order valence-electron chi connectivity index (χ4n) is 1.61. The molecule has 0 aromatic heterocycles. The molecule has 3 nitrogen and oxygen atoms in total. The molecule has 0 amide bonds. The Morgan fingerprint density at radius 2 is 1.90 bits per heavy atom. The van der Waals surface area contributed by atoms with E-state index in [2.05, 4.69) is 15.9 Å². The molecule has 0 radical (unpaired) electrons. The Balaban J connectivity index is 1.86. The number of carbonyl (C=O) groups is 1. The van der Waals surface area contributed by atoms with Gasteiger partial charge in [-0.25, -0.2) is 4.39 Å². The van der Waals surface area contributed by atoms with E-state index in [0.29, 0.717) is 18.6 Å². The summed E-state index contributed by atoms with van der Waals surface area (Å²) in [5.41, 5.74) is 0.187. The van der Waals surface area contributed by atoms with Gasteiger partial charge in [0, 0.05) is 4.47 Å². The molecular formula is C15H12BrFO3. The van der Waals surface area contributed by atoms with Crippen LogP contribution in [0.5, 0.6) is 11.5 Å². The van der Waals surface area contributed by atoms with Gasteiger partial charge in [0.05, 0.1) is 5.56 Å². The normalized spacial score (nSPS) is 10.1. The SMILES string of the molecule is O=Cc1cc(F)ccc1OCCOc1cccc(Br)c1. The van der Waals surface area contributed by atoms with Crippen molar-refractivity contribution in [2.45, 2.75) is 0 Å². The lowest BCUT2D eigenvalue weighted by atomic mass is 10.2. The second kappa shape index (κ2) is 7.05. The van der Waals surface area contributed by atoms with Crippen LogP contribution in [-0.4, -0.2) is 19.5 Å². The van der Waals surface area contributed by atoms with Crippen molar-refractivity contribution in [1.82, 2.24) is 0 Å². The van der Waals surface area contributed by atoms with Crippen LogP contribution in [0.15, 0.2) is 46.9 Å². The lowest BCUT2D eigenvalue weighted by molar-refractivity contribution is 0.111. The van der Waals surface area contributed by atoms with Crippen molar-refractivity contribution < 1.29 is 18.7 Å². The molecule has 0 heterocycles. The van der Waals surface area contributed by atoms with E-state index in [1.54, 1.807) is 0 Å². The molecule has 104 valence electrons. The molecule has 0 fully saturated rings. The van der Waals surface area contributed by atoms with Crippen molar-refractivity contribution in [3.05, 3.63) is 58.3 Å². The summed E-state index contributed by atoms with van der Waals surface area (Å²) in [6.45, 7) is 0.588. The van der Waals surface area contributed by atoms with Gasteiger partial charge in [-0.3, -0.25) is 4.79 Å². The molecule has 0 bridgehead atoms. The van der Waals surface area contributed by atoms with Crippen molar-refractivity contribution in [3.63, 3.8) is 0 Å². The maximum Gasteiger partial charge on any atom is 0.153 e. The van der Waals surface area contributed by atoms with Gasteiger partial charge in [-0.05, 0) is 36.4 Å². The molecular weight excluding hydrogens is 327 g/mol. The number of aldehydes is 1. The van der Waals surface area contributed by atoms with E-state index < -0.39 is 5.82 Å². The van der Waals surface area contributed by atoms with Crippen LogP contribution < -0.4 is 9.47 Å². The molecule has 20 heavy (non-hydrogen) atoms. The number of carbonyl (C=O) groups excluding carboxylic acids is 1. The standard InChI is InChI=1S/C15H12BrFO3/c16-12-2-1-3-14(9-12)19-6-7-20-15-5-4-13(17)8-11(15)10-18/h1-5,8-10H,6-7H2. The van der Waals surface area contributed by atoms with E-state index in [9.17, 15) is 9.18 Å². The van der Waals surface area contributed by atoms with Crippen LogP contribution in [0.4, 0.5) is 4.39 Å². The number of halogens is 2. The molecule has 2 aromatic rings. The number of hydrogen-bond acceptors (Lipinski definition) is 3. The molecule has 2 rings (SSSR count). The zero-order chi connectivity index (χ0) is 14.4. The fraction of sp³-hybridized carbons (Fsp3) is 0.133. The summed E-state index contributed by atoms with van der Waals surface area (Å²) in [6.07, 6.45) is 0.563. The summed E-state index contributed by atoms with van der Waals surface area (Å²) in [5.74, 6) is 0.599.